The lowest BCUT2D eigenvalue weighted by Gasteiger charge is -2.07. The Morgan fingerprint density at radius 1 is 1.18 bits per heavy atom. The van der Waals surface area contributed by atoms with Crippen LogP contribution in [0.1, 0.15) is 15.9 Å². The molecule has 0 unspecified atom stereocenters. The third kappa shape index (κ3) is 3.76. The number of ether oxygens (including phenoxy) is 2. The number of nitrogens with zero attached hydrogens (tertiary/aromatic N) is 1. The summed E-state index contributed by atoms with van der Waals surface area (Å²) in [6.45, 7) is 0. The van der Waals surface area contributed by atoms with Gasteiger partial charge in [0.05, 0.1) is 31.7 Å². The molecule has 6 nitrogen and oxygen atoms in total. The Morgan fingerprint density at radius 3 is 2.68 bits per heavy atom. The van der Waals surface area contributed by atoms with Crippen LogP contribution in [0.25, 0.3) is 0 Å². The average Bonchev–Trinajstić information content (AvgIpc) is 2.55. The quantitative estimate of drug-likeness (QED) is 0.633. The van der Waals surface area contributed by atoms with E-state index in [4.69, 9.17) is 14.6 Å². The number of carbonyl (C=O) groups is 1. The van der Waals surface area contributed by atoms with Crippen molar-refractivity contribution in [3.8, 4) is 11.5 Å². The molecule has 0 bridgehead atoms. The maximum absolute atomic E-state index is 10.9. The normalized spacial score (nSPS) is 10.5. The molecular formula is C16H16N2O4. The molecule has 0 radical (unpaired) electrons. The van der Waals surface area contributed by atoms with Gasteiger partial charge in [0.2, 0.25) is 0 Å². The summed E-state index contributed by atoms with van der Waals surface area (Å²) in [4.78, 5) is 10.9. The van der Waals surface area contributed by atoms with Crippen molar-refractivity contribution in [2.24, 2.45) is 5.10 Å². The Balaban J connectivity index is 2.15. The summed E-state index contributed by atoms with van der Waals surface area (Å²) in [5.41, 5.74) is 4.30. The highest BCUT2D eigenvalue weighted by atomic mass is 16.5. The first-order valence-corrected chi connectivity index (χ1v) is 6.48. The highest BCUT2D eigenvalue weighted by Crippen LogP contribution is 2.22. The van der Waals surface area contributed by atoms with E-state index in [1.807, 2.05) is 0 Å². The first-order valence-electron chi connectivity index (χ1n) is 6.48. The Bertz CT molecular complexity index is 698. The smallest absolute Gasteiger partial charge is 0.335 e. The van der Waals surface area contributed by atoms with Crippen LogP contribution in [-0.2, 0) is 0 Å². The van der Waals surface area contributed by atoms with E-state index in [2.05, 4.69) is 10.5 Å². The number of anilines is 1. The van der Waals surface area contributed by atoms with Gasteiger partial charge in [-0.15, -0.1) is 0 Å². The van der Waals surface area contributed by atoms with Crippen molar-refractivity contribution in [2.75, 3.05) is 19.6 Å². The molecule has 0 heterocycles. The first-order chi connectivity index (χ1) is 10.6. The lowest BCUT2D eigenvalue weighted by atomic mass is 10.2. The molecular weight excluding hydrogens is 284 g/mol. The van der Waals surface area contributed by atoms with Gasteiger partial charge in [-0.1, -0.05) is 6.07 Å². The van der Waals surface area contributed by atoms with Crippen LogP contribution in [0.15, 0.2) is 47.6 Å². The molecule has 6 heteroatoms. The summed E-state index contributed by atoms with van der Waals surface area (Å²) in [6, 6.07) is 11.8. The molecule has 0 amide bonds. The fraction of sp³-hybridized carbons (Fsp3) is 0.125. The number of hydrogen-bond acceptors (Lipinski definition) is 5. The molecule has 22 heavy (non-hydrogen) atoms. The Labute approximate surface area is 128 Å². The van der Waals surface area contributed by atoms with Gasteiger partial charge in [0.25, 0.3) is 0 Å². The van der Waals surface area contributed by atoms with Crippen LogP contribution in [0, 0.1) is 0 Å². The average molecular weight is 300 g/mol. The molecule has 0 aliphatic carbocycles. The molecule has 0 spiro atoms. The standard InChI is InChI=1S/C16H16N2O4/c1-21-14-6-7-15(22-2)12(9-14)10-17-18-13-5-3-4-11(8-13)16(19)20/h3-10,18H,1-2H3,(H,19,20). The largest absolute Gasteiger partial charge is 0.497 e. The summed E-state index contributed by atoms with van der Waals surface area (Å²) in [7, 11) is 3.15. The Kier molecular flexibility index (Phi) is 4.98. The number of nitrogens with one attached hydrogen (secondary N) is 1. The topological polar surface area (TPSA) is 80.2 Å². The number of carboxylic acids is 1. The van der Waals surface area contributed by atoms with E-state index in [1.54, 1.807) is 50.8 Å². The number of hydrazone groups is 1. The summed E-state index contributed by atoms with van der Waals surface area (Å²) in [6.07, 6.45) is 1.58. The van der Waals surface area contributed by atoms with E-state index in [9.17, 15) is 4.79 Å². The van der Waals surface area contributed by atoms with E-state index in [-0.39, 0.29) is 5.56 Å². The molecule has 0 atom stereocenters. The fourth-order valence-corrected chi connectivity index (χ4v) is 1.84. The minimum absolute atomic E-state index is 0.194. The Hall–Kier alpha value is -3.02. The van der Waals surface area contributed by atoms with Crippen molar-refractivity contribution < 1.29 is 19.4 Å². The SMILES string of the molecule is COc1ccc(OC)c(C=NNc2cccc(C(=O)O)c2)c1. The lowest BCUT2D eigenvalue weighted by Crippen LogP contribution is -1.98. The van der Waals surface area contributed by atoms with E-state index >= 15 is 0 Å². The van der Waals surface area contributed by atoms with Gasteiger partial charge in [0.1, 0.15) is 11.5 Å². The second-order valence-electron chi connectivity index (χ2n) is 4.36. The van der Waals surface area contributed by atoms with E-state index in [1.165, 1.54) is 12.1 Å². The summed E-state index contributed by atoms with van der Waals surface area (Å²) in [5, 5.41) is 13.0. The van der Waals surface area contributed by atoms with Gasteiger partial charge in [-0.05, 0) is 36.4 Å². The van der Waals surface area contributed by atoms with Gasteiger partial charge in [-0.25, -0.2) is 4.79 Å². The molecule has 0 saturated heterocycles. The van der Waals surface area contributed by atoms with E-state index in [0.29, 0.717) is 17.2 Å². The van der Waals surface area contributed by atoms with Crippen LogP contribution in [0.4, 0.5) is 5.69 Å². The zero-order valence-corrected chi connectivity index (χ0v) is 12.2. The number of carboxylic acid groups (broad SMARTS) is 1. The van der Waals surface area contributed by atoms with Crippen LogP contribution in [0.2, 0.25) is 0 Å². The van der Waals surface area contributed by atoms with Crippen LogP contribution in [-0.4, -0.2) is 31.5 Å². The predicted octanol–water partition coefficient (Wildman–Crippen LogP) is 2.85. The molecule has 0 fully saturated rings. The van der Waals surface area contributed by atoms with Crippen LogP contribution in [0.3, 0.4) is 0 Å². The first kappa shape index (κ1) is 15.4. The maximum atomic E-state index is 10.9. The van der Waals surface area contributed by atoms with Gasteiger partial charge in [0.15, 0.2) is 0 Å². The second-order valence-corrected chi connectivity index (χ2v) is 4.36. The lowest BCUT2D eigenvalue weighted by molar-refractivity contribution is 0.0697. The van der Waals surface area contributed by atoms with Gasteiger partial charge >= 0.3 is 5.97 Å². The van der Waals surface area contributed by atoms with Crippen molar-refractivity contribution >= 4 is 17.9 Å². The van der Waals surface area contributed by atoms with Crippen molar-refractivity contribution in [3.63, 3.8) is 0 Å². The number of aromatic carboxylic acids is 1. The highest BCUT2D eigenvalue weighted by molar-refractivity contribution is 5.89. The van der Waals surface area contributed by atoms with Crippen molar-refractivity contribution in [2.45, 2.75) is 0 Å². The van der Waals surface area contributed by atoms with Gasteiger partial charge in [-0.2, -0.15) is 5.10 Å². The number of hydrogen-bond donors (Lipinski definition) is 2. The van der Waals surface area contributed by atoms with Gasteiger partial charge in [0, 0.05) is 5.56 Å². The zero-order chi connectivity index (χ0) is 15.9. The van der Waals surface area contributed by atoms with Crippen LogP contribution >= 0.6 is 0 Å². The second kappa shape index (κ2) is 7.12. The number of benzene rings is 2. The fourth-order valence-electron chi connectivity index (χ4n) is 1.84. The minimum atomic E-state index is -0.984. The number of methoxy groups -OCH3 is 2. The van der Waals surface area contributed by atoms with E-state index < -0.39 is 5.97 Å². The third-order valence-corrected chi connectivity index (χ3v) is 2.94. The molecule has 2 aromatic rings. The minimum Gasteiger partial charge on any atom is -0.497 e. The van der Waals surface area contributed by atoms with Crippen LogP contribution < -0.4 is 14.9 Å². The molecule has 0 saturated carbocycles. The molecule has 2 rings (SSSR count). The molecule has 0 aromatic heterocycles. The maximum Gasteiger partial charge on any atom is 0.335 e. The van der Waals surface area contributed by atoms with Gasteiger partial charge in [-0.3, -0.25) is 5.43 Å². The van der Waals surface area contributed by atoms with Crippen molar-refractivity contribution in [3.05, 3.63) is 53.6 Å². The van der Waals surface area contributed by atoms with E-state index in [0.717, 1.165) is 5.56 Å². The molecule has 114 valence electrons. The summed E-state index contributed by atoms with van der Waals surface area (Å²) >= 11 is 0. The van der Waals surface area contributed by atoms with Crippen molar-refractivity contribution in [1.82, 2.24) is 0 Å². The van der Waals surface area contributed by atoms with Crippen LogP contribution in [0.5, 0.6) is 11.5 Å². The molecule has 2 aromatic carbocycles. The Morgan fingerprint density at radius 2 is 2.00 bits per heavy atom. The highest BCUT2D eigenvalue weighted by Gasteiger charge is 2.04. The summed E-state index contributed by atoms with van der Waals surface area (Å²) in [5.74, 6) is 0.364. The predicted molar refractivity (Wildman–Crippen MR) is 84.2 cm³/mol. The van der Waals surface area contributed by atoms with Crippen molar-refractivity contribution in [1.29, 1.82) is 0 Å². The molecule has 2 N–H and O–H groups in total. The zero-order valence-electron chi connectivity index (χ0n) is 12.2. The number of rotatable bonds is 6. The monoisotopic (exact) mass is 300 g/mol. The van der Waals surface area contributed by atoms with Gasteiger partial charge < -0.3 is 14.6 Å². The third-order valence-electron chi connectivity index (χ3n) is 2.94. The molecule has 0 aliphatic rings. The molecule has 0 aliphatic heterocycles. The summed E-state index contributed by atoms with van der Waals surface area (Å²) < 4.78 is 10.4.